The number of carbonyl (C=O) groups is 3. The van der Waals surface area contributed by atoms with Gasteiger partial charge in [-0.05, 0) is 71.6 Å². The second-order valence-corrected chi connectivity index (χ2v) is 11.0. The maximum Gasteiger partial charge on any atom is 0.429 e. The third-order valence-corrected chi connectivity index (χ3v) is 6.27. The van der Waals surface area contributed by atoms with E-state index in [0.29, 0.717) is 6.42 Å². The summed E-state index contributed by atoms with van der Waals surface area (Å²) < 4.78 is 16.6. The molecule has 4 atom stereocenters. The van der Waals surface area contributed by atoms with Crippen LogP contribution in [-0.2, 0) is 19.0 Å². The lowest BCUT2D eigenvalue weighted by Crippen LogP contribution is -2.59. The number of rotatable bonds is 2. The second kappa shape index (κ2) is 8.32. The number of fused-ring (bicyclic) bond motifs is 7. The summed E-state index contributed by atoms with van der Waals surface area (Å²) in [6.07, 6.45) is 0.932. The van der Waals surface area contributed by atoms with Crippen molar-refractivity contribution in [3.05, 3.63) is 41.5 Å². The van der Waals surface area contributed by atoms with Gasteiger partial charge >= 0.3 is 18.2 Å². The minimum absolute atomic E-state index is 0.0620. The summed E-state index contributed by atoms with van der Waals surface area (Å²) in [4.78, 5) is 39.2. The van der Waals surface area contributed by atoms with E-state index in [-0.39, 0.29) is 30.5 Å². The highest BCUT2D eigenvalue weighted by Crippen LogP contribution is 2.61. The van der Waals surface area contributed by atoms with Crippen LogP contribution in [-0.4, -0.2) is 58.1 Å². The summed E-state index contributed by atoms with van der Waals surface area (Å²) in [6.45, 7) is 12.8. The lowest BCUT2D eigenvalue weighted by Gasteiger charge is -2.43. The smallest absolute Gasteiger partial charge is 0.429 e. The maximum absolute atomic E-state index is 13.4. The summed E-state index contributed by atoms with van der Waals surface area (Å²) in [6, 6.07) is 7.24. The van der Waals surface area contributed by atoms with Gasteiger partial charge in [-0.25, -0.2) is 24.4 Å². The number of benzene rings is 1. The number of amides is 2. The largest absolute Gasteiger partial charge is 0.463 e. The van der Waals surface area contributed by atoms with Crippen molar-refractivity contribution in [1.29, 1.82) is 0 Å². The van der Waals surface area contributed by atoms with Crippen LogP contribution in [0.5, 0.6) is 0 Å². The Labute approximate surface area is 200 Å². The molecular weight excluding hydrogens is 436 g/mol. The molecular formula is C26H34N2O6. The monoisotopic (exact) mass is 470 g/mol. The molecule has 1 saturated carbocycles. The van der Waals surface area contributed by atoms with Crippen LogP contribution in [0.1, 0.15) is 71.9 Å². The van der Waals surface area contributed by atoms with Gasteiger partial charge in [0, 0.05) is 17.9 Å². The first-order valence-electron chi connectivity index (χ1n) is 11.8. The Morgan fingerprint density at radius 2 is 1.44 bits per heavy atom. The Balaban J connectivity index is 1.78. The molecule has 1 heterocycles. The molecule has 184 valence electrons. The molecule has 8 heteroatoms. The molecule has 3 aliphatic rings. The minimum Gasteiger partial charge on any atom is -0.463 e. The first-order valence-corrected chi connectivity index (χ1v) is 11.8. The first kappa shape index (κ1) is 24.1. The third-order valence-electron chi connectivity index (χ3n) is 6.27. The molecule has 1 aromatic rings. The van der Waals surface area contributed by atoms with Gasteiger partial charge in [0.05, 0.1) is 18.7 Å². The summed E-state index contributed by atoms with van der Waals surface area (Å²) in [5, 5.41) is 2.85. The summed E-state index contributed by atoms with van der Waals surface area (Å²) in [7, 11) is 0. The number of hydrogen-bond donors (Lipinski definition) is 0. The average Bonchev–Trinajstić information content (AvgIpc) is 3.34. The standard InChI is InChI=1S/C26H34N2O6/c1-8-32-20(29)13-17-15-11-9-10-12-16(15)21-18-14-19(22(17)21)28(24(31)34-26(5,6)7)27(18)23(30)33-25(2,3)4/h9-13,18-19,21-22H,8,14H2,1-7H3/b17-13-/t18-,19+,21+,22-/m0/s1. The number of carbonyl (C=O) groups excluding carboxylic acids is 3. The van der Waals surface area contributed by atoms with Crippen LogP contribution in [0.4, 0.5) is 9.59 Å². The van der Waals surface area contributed by atoms with E-state index < -0.39 is 29.4 Å². The maximum atomic E-state index is 13.4. The number of hydrogen-bond acceptors (Lipinski definition) is 6. The van der Waals surface area contributed by atoms with Crippen molar-refractivity contribution < 1.29 is 28.6 Å². The van der Waals surface area contributed by atoms with Crippen LogP contribution in [0.25, 0.3) is 5.57 Å². The van der Waals surface area contributed by atoms with Crippen LogP contribution in [0.2, 0.25) is 0 Å². The number of ether oxygens (including phenoxy) is 3. The predicted molar refractivity (Wildman–Crippen MR) is 126 cm³/mol. The zero-order chi connectivity index (χ0) is 25.0. The van der Waals surface area contributed by atoms with Crippen molar-refractivity contribution in [2.45, 2.75) is 84.1 Å². The average molecular weight is 471 g/mol. The summed E-state index contributed by atoms with van der Waals surface area (Å²) in [5.41, 5.74) is 1.40. The van der Waals surface area contributed by atoms with E-state index in [1.807, 2.05) is 24.3 Å². The first-order chi connectivity index (χ1) is 15.8. The lowest BCUT2D eigenvalue weighted by atomic mass is 9.88. The van der Waals surface area contributed by atoms with Gasteiger partial charge in [0.25, 0.3) is 0 Å². The Morgan fingerprint density at radius 3 is 1.97 bits per heavy atom. The Bertz CT molecular complexity index is 1030. The molecule has 1 saturated heterocycles. The Hall–Kier alpha value is -3.03. The zero-order valence-electron chi connectivity index (χ0n) is 21.0. The van der Waals surface area contributed by atoms with E-state index in [2.05, 4.69) is 0 Å². The quantitative estimate of drug-likeness (QED) is 0.348. The van der Waals surface area contributed by atoms with E-state index in [9.17, 15) is 14.4 Å². The van der Waals surface area contributed by atoms with Gasteiger partial charge in [0.15, 0.2) is 0 Å². The van der Waals surface area contributed by atoms with Gasteiger partial charge in [-0.3, -0.25) is 0 Å². The van der Waals surface area contributed by atoms with Gasteiger partial charge in [-0.2, -0.15) is 0 Å². The molecule has 2 amide bonds. The molecule has 0 aromatic heterocycles. The molecule has 34 heavy (non-hydrogen) atoms. The van der Waals surface area contributed by atoms with Gasteiger partial charge < -0.3 is 14.2 Å². The highest BCUT2D eigenvalue weighted by atomic mass is 16.6. The minimum atomic E-state index is -0.736. The van der Waals surface area contributed by atoms with Crippen molar-refractivity contribution in [3.8, 4) is 0 Å². The fourth-order valence-corrected chi connectivity index (χ4v) is 5.42. The molecule has 1 aromatic carbocycles. The zero-order valence-corrected chi connectivity index (χ0v) is 21.0. The number of esters is 1. The lowest BCUT2D eigenvalue weighted by molar-refractivity contribution is -0.137. The Morgan fingerprint density at radius 1 is 0.912 bits per heavy atom. The molecule has 1 aliphatic heterocycles. The molecule has 0 radical (unpaired) electrons. The molecule has 0 unspecified atom stereocenters. The molecule has 0 spiro atoms. The van der Waals surface area contributed by atoms with E-state index >= 15 is 0 Å². The molecule has 4 rings (SSSR count). The van der Waals surface area contributed by atoms with Crippen LogP contribution in [0.15, 0.2) is 30.3 Å². The van der Waals surface area contributed by atoms with Crippen molar-refractivity contribution >= 4 is 23.7 Å². The third kappa shape index (κ3) is 4.26. The van der Waals surface area contributed by atoms with Crippen molar-refractivity contribution in [1.82, 2.24) is 10.0 Å². The van der Waals surface area contributed by atoms with Crippen LogP contribution in [0.3, 0.4) is 0 Å². The summed E-state index contributed by atoms with van der Waals surface area (Å²) >= 11 is 0. The molecule has 2 bridgehead atoms. The van der Waals surface area contributed by atoms with Gasteiger partial charge in [-0.15, -0.1) is 0 Å². The Kier molecular flexibility index (Phi) is 5.90. The number of hydrazine groups is 1. The molecule has 2 fully saturated rings. The molecule has 0 N–H and O–H groups in total. The normalized spacial score (nSPS) is 26.4. The van der Waals surface area contributed by atoms with E-state index in [1.54, 1.807) is 54.5 Å². The molecule has 8 nitrogen and oxygen atoms in total. The highest BCUT2D eigenvalue weighted by molar-refractivity contribution is 5.95. The van der Waals surface area contributed by atoms with E-state index in [1.165, 1.54) is 10.0 Å². The van der Waals surface area contributed by atoms with Crippen LogP contribution < -0.4 is 0 Å². The van der Waals surface area contributed by atoms with Crippen LogP contribution in [0, 0.1) is 5.92 Å². The highest BCUT2D eigenvalue weighted by Gasteiger charge is 2.64. The predicted octanol–water partition coefficient (Wildman–Crippen LogP) is 4.89. The summed E-state index contributed by atoms with van der Waals surface area (Å²) in [5.74, 6) is -0.630. The van der Waals surface area contributed by atoms with Crippen molar-refractivity contribution in [2.24, 2.45) is 5.92 Å². The second-order valence-electron chi connectivity index (χ2n) is 11.0. The fraction of sp³-hybridized carbons (Fsp3) is 0.577. The topological polar surface area (TPSA) is 85.4 Å². The number of nitrogens with zero attached hydrogens (tertiary/aromatic N) is 2. The van der Waals surface area contributed by atoms with Gasteiger partial charge in [0.2, 0.25) is 0 Å². The molecule has 2 aliphatic carbocycles. The van der Waals surface area contributed by atoms with E-state index in [4.69, 9.17) is 14.2 Å². The van der Waals surface area contributed by atoms with Crippen molar-refractivity contribution in [2.75, 3.05) is 6.61 Å². The van der Waals surface area contributed by atoms with Crippen LogP contribution >= 0.6 is 0 Å². The SMILES string of the molecule is CCOC(=O)/C=C1/c2ccccc2[C@H]2[C@@H]1[C@H]1C[C@@H]2N(C(=O)OC(C)(C)C)N1C(=O)OC(C)(C)C. The fourth-order valence-electron chi connectivity index (χ4n) is 5.42. The van der Waals surface area contributed by atoms with Gasteiger partial charge in [0.1, 0.15) is 11.2 Å². The van der Waals surface area contributed by atoms with Gasteiger partial charge in [-0.1, -0.05) is 24.3 Å². The van der Waals surface area contributed by atoms with E-state index in [0.717, 1.165) is 16.7 Å². The van der Waals surface area contributed by atoms with Crippen molar-refractivity contribution in [3.63, 3.8) is 0 Å².